The summed E-state index contributed by atoms with van der Waals surface area (Å²) in [7, 11) is 1.83. The second-order valence-corrected chi connectivity index (χ2v) is 9.19. The van der Waals surface area contributed by atoms with Crippen molar-refractivity contribution in [2.45, 2.75) is 64.1 Å². The van der Waals surface area contributed by atoms with Crippen molar-refractivity contribution in [2.24, 2.45) is 10.9 Å². The van der Waals surface area contributed by atoms with Crippen LogP contribution in [0.4, 0.5) is 0 Å². The first-order valence-electron chi connectivity index (χ1n) is 11.7. The lowest BCUT2D eigenvalue weighted by Gasteiger charge is -2.34. The molecule has 2 N–H and O–H groups in total. The van der Waals surface area contributed by atoms with Crippen LogP contribution < -0.4 is 10.6 Å². The second-order valence-electron chi connectivity index (χ2n) is 9.19. The van der Waals surface area contributed by atoms with E-state index in [0.717, 1.165) is 64.4 Å². The third kappa shape index (κ3) is 4.97. The monoisotopic (exact) mass is 411 g/mol. The normalized spacial score (nSPS) is 24.0. The summed E-state index contributed by atoms with van der Waals surface area (Å²) in [6.07, 6.45) is 6.70. The van der Waals surface area contributed by atoms with Gasteiger partial charge in [0, 0.05) is 57.8 Å². The molecule has 30 heavy (non-hydrogen) atoms. The first-order chi connectivity index (χ1) is 14.6. The maximum absolute atomic E-state index is 12.7. The quantitative estimate of drug-likeness (QED) is 0.577. The minimum atomic E-state index is 0.275. The highest BCUT2D eigenvalue weighted by atomic mass is 16.2. The van der Waals surface area contributed by atoms with Crippen molar-refractivity contribution in [3.8, 4) is 0 Å². The molecule has 164 valence electrons. The Kier molecular flexibility index (Phi) is 6.93. The predicted octanol–water partition coefficient (Wildman–Crippen LogP) is 2.39. The van der Waals surface area contributed by atoms with E-state index in [-0.39, 0.29) is 5.92 Å². The van der Waals surface area contributed by atoms with Crippen molar-refractivity contribution in [1.29, 1.82) is 0 Å². The number of guanidine groups is 1. The van der Waals surface area contributed by atoms with Crippen LogP contribution in [0.15, 0.2) is 29.3 Å². The molecular weight excluding hydrogens is 374 g/mol. The number of rotatable bonds is 5. The molecule has 1 amide bonds. The number of hydrogen-bond donors (Lipinski definition) is 2. The van der Waals surface area contributed by atoms with Gasteiger partial charge in [0.1, 0.15) is 0 Å². The van der Waals surface area contributed by atoms with Gasteiger partial charge in [-0.2, -0.15) is 0 Å². The highest BCUT2D eigenvalue weighted by Gasteiger charge is 2.32. The minimum absolute atomic E-state index is 0.275. The third-order valence-electron chi connectivity index (χ3n) is 7.12. The molecule has 6 nitrogen and oxygen atoms in total. The van der Waals surface area contributed by atoms with Gasteiger partial charge in [0.05, 0.1) is 0 Å². The van der Waals surface area contributed by atoms with Crippen molar-refractivity contribution in [1.82, 2.24) is 20.4 Å². The zero-order chi connectivity index (χ0) is 20.9. The summed E-state index contributed by atoms with van der Waals surface area (Å²) in [4.78, 5) is 21.7. The number of fused-ring (bicyclic) bond motifs is 1. The average Bonchev–Trinajstić information content (AvgIpc) is 3.48. The van der Waals surface area contributed by atoms with Crippen LogP contribution in [0.1, 0.15) is 50.2 Å². The molecule has 1 aliphatic carbocycles. The molecule has 1 aromatic rings. The Labute approximate surface area is 181 Å². The van der Waals surface area contributed by atoms with Gasteiger partial charge in [-0.3, -0.25) is 14.7 Å². The Hall–Kier alpha value is -2.08. The zero-order valence-electron chi connectivity index (χ0n) is 18.6. The lowest BCUT2D eigenvalue weighted by atomic mass is 9.99. The molecule has 1 saturated heterocycles. The van der Waals surface area contributed by atoms with E-state index in [1.54, 1.807) is 0 Å². The number of carbonyl (C=O) groups is 1. The van der Waals surface area contributed by atoms with Crippen LogP contribution in [0, 0.1) is 5.92 Å². The van der Waals surface area contributed by atoms with Crippen molar-refractivity contribution < 1.29 is 4.79 Å². The lowest BCUT2D eigenvalue weighted by Crippen LogP contribution is -2.50. The molecule has 1 aromatic carbocycles. The van der Waals surface area contributed by atoms with Crippen LogP contribution in [0.3, 0.4) is 0 Å². The summed E-state index contributed by atoms with van der Waals surface area (Å²) in [5.41, 5.74) is 2.94. The first kappa shape index (κ1) is 21.2. The number of nitrogens with one attached hydrogen (secondary N) is 2. The number of likely N-dealkylation sites (tertiary alicyclic amines) is 1. The number of aliphatic imine (C=N–C) groups is 1. The van der Waals surface area contributed by atoms with Crippen LogP contribution in [-0.2, 0) is 17.8 Å². The summed E-state index contributed by atoms with van der Waals surface area (Å²) < 4.78 is 0. The Morgan fingerprint density at radius 1 is 1.17 bits per heavy atom. The Morgan fingerprint density at radius 2 is 1.93 bits per heavy atom. The van der Waals surface area contributed by atoms with E-state index in [0.29, 0.717) is 18.0 Å². The Morgan fingerprint density at radius 3 is 2.70 bits per heavy atom. The predicted molar refractivity (Wildman–Crippen MR) is 121 cm³/mol. The molecule has 2 atom stereocenters. The fraction of sp³-hybridized carbons (Fsp3) is 0.667. The maximum atomic E-state index is 12.7. The average molecular weight is 412 g/mol. The topological polar surface area (TPSA) is 60.0 Å². The number of nitrogens with zero attached hydrogens (tertiary/aromatic N) is 3. The summed E-state index contributed by atoms with van der Waals surface area (Å²) >= 11 is 0. The van der Waals surface area contributed by atoms with Gasteiger partial charge < -0.3 is 15.5 Å². The van der Waals surface area contributed by atoms with Crippen LogP contribution >= 0.6 is 0 Å². The van der Waals surface area contributed by atoms with Crippen LogP contribution in [0.5, 0.6) is 0 Å². The van der Waals surface area contributed by atoms with Gasteiger partial charge in [-0.1, -0.05) is 37.1 Å². The largest absolute Gasteiger partial charge is 0.355 e. The minimum Gasteiger partial charge on any atom is -0.355 e. The summed E-state index contributed by atoms with van der Waals surface area (Å²) in [5, 5.41) is 7.05. The summed E-state index contributed by atoms with van der Waals surface area (Å²) in [6, 6.07) is 9.50. The SMILES string of the molecule is CN=C(NCC(C)N1CCc2ccccc2C1)NC1CCN(C(=O)C2CCCC2)C1. The third-order valence-corrected chi connectivity index (χ3v) is 7.12. The molecule has 2 unspecified atom stereocenters. The van der Waals surface area contributed by atoms with Gasteiger partial charge in [-0.25, -0.2) is 0 Å². The van der Waals surface area contributed by atoms with Crippen LogP contribution in [0.2, 0.25) is 0 Å². The van der Waals surface area contributed by atoms with E-state index in [2.05, 4.69) is 56.6 Å². The molecule has 3 aliphatic rings. The highest BCUT2D eigenvalue weighted by molar-refractivity contribution is 5.81. The number of hydrogen-bond acceptors (Lipinski definition) is 3. The number of benzene rings is 1. The van der Waals surface area contributed by atoms with Crippen molar-refractivity contribution in [3.63, 3.8) is 0 Å². The molecule has 2 fully saturated rings. The Bertz CT molecular complexity index is 758. The van der Waals surface area contributed by atoms with Crippen LogP contribution in [-0.4, -0.2) is 67.0 Å². The van der Waals surface area contributed by atoms with Crippen LogP contribution in [0.25, 0.3) is 0 Å². The molecule has 4 rings (SSSR count). The van der Waals surface area contributed by atoms with Gasteiger partial charge >= 0.3 is 0 Å². The number of amides is 1. The van der Waals surface area contributed by atoms with E-state index in [4.69, 9.17) is 0 Å². The summed E-state index contributed by atoms with van der Waals surface area (Å²) in [5.74, 6) is 1.50. The molecule has 0 aromatic heterocycles. The van der Waals surface area contributed by atoms with E-state index < -0.39 is 0 Å². The molecule has 0 bridgehead atoms. The number of carbonyl (C=O) groups excluding carboxylic acids is 1. The molecule has 0 spiro atoms. The van der Waals surface area contributed by atoms with Gasteiger partial charge in [0.15, 0.2) is 5.96 Å². The van der Waals surface area contributed by atoms with Crippen molar-refractivity contribution in [3.05, 3.63) is 35.4 Å². The van der Waals surface area contributed by atoms with Crippen molar-refractivity contribution >= 4 is 11.9 Å². The van der Waals surface area contributed by atoms with Gasteiger partial charge in [0.2, 0.25) is 5.91 Å². The lowest BCUT2D eigenvalue weighted by molar-refractivity contribution is -0.134. The van der Waals surface area contributed by atoms with E-state index >= 15 is 0 Å². The molecule has 1 saturated carbocycles. The standard InChI is InChI=1S/C24H37N5O/c1-18(28-13-11-19-7-3-6-10-21(19)16-28)15-26-24(25-2)27-22-12-14-29(17-22)23(30)20-8-4-5-9-20/h3,6-7,10,18,20,22H,4-5,8-9,11-17H2,1-2H3,(H2,25,26,27). The fourth-order valence-corrected chi connectivity index (χ4v) is 5.16. The molecule has 2 aliphatic heterocycles. The first-order valence-corrected chi connectivity index (χ1v) is 11.7. The highest BCUT2D eigenvalue weighted by Crippen LogP contribution is 2.28. The Balaban J connectivity index is 1.22. The fourth-order valence-electron chi connectivity index (χ4n) is 5.16. The molecular formula is C24H37N5O. The summed E-state index contributed by atoms with van der Waals surface area (Å²) in [6.45, 7) is 6.94. The smallest absolute Gasteiger partial charge is 0.225 e. The van der Waals surface area contributed by atoms with Gasteiger partial charge in [0.25, 0.3) is 0 Å². The maximum Gasteiger partial charge on any atom is 0.225 e. The van der Waals surface area contributed by atoms with Gasteiger partial charge in [-0.15, -0.1) is 0 Å². The molecule has 2 heterocycles. The van der Waals surface area contributed by atoms with Gasteiger partial charge in [-0.05, 0) is 43.7 Å². The molecule has 0 radical (unpaired) electrons. The molecule has 6 heteroatoms. The van der Waals surface area contributed by atoms with E-state index in [9.17, 15) is 4.79 Å². The van der Waals surface area contributed by atoms with Crippen molar-refractivity contribution in [2.75, 3.05) is 33.2 Å². The van der Waals surface area contributed by atoms with E-state index in [1.807, 2.05) is 7.05 Å². The van der Waals surface area contributed by atoms with E-state index in [1.165, 1.54) is 24.0 Å². The zero-order valence-corrected chi connectivity index (χ0v) is 18.6. The second kappa shape index (κ2) is 9.82.